The lowest BCUT2D eigenvalue weighted by Crippen LogP contribution is -2.14. The van der Waals surface area contributed by atoms with Crippen LogP contribution in [0, 0.1) is 5.92 Å². The summed E-state index contributed by atoms with van der Waals surface area (Å²) in [5.41, 5.74) is 0. The predicted octanol–water partition coefficient (Wildman–Crippen LogP) is 1.03. The molecule has 0 radical (unpaired) electrons. The van der Waals surface area contributed by atoms with E-state index in [2.05, 4.69) is 23.9 Å². The fourth-order valence-corrected chi connectivity index (χ4v) is 1.34. The molecule has 0 saturated heterocycles. The number of nitrogens with zero attached hydrogens (tertiary/aromatic N) is 3. The quantitative estimate of drug-likeness (QED) is 0.767. The van der Waals surface area contributed by atoms with Gasteiger partial charge in [0.1, 0.15) is 5.82 Å². The molecule has 0 aliphatic carbocycles. The highest BCUT2D eigenvalue weighted by atomic mass is 16.3. The Kier molecular flexibility index (Phi) is 4.07. The van der Waals surface area contributed by atoms with Crippen LogP contribution in [0.4, 0.5) is 0 Å². The fourth-order valence-electron chi connectivity index (χ4n) is 1.34. The molecule has 0 aliphatic rings. The number of hydrogen-bond donors (Lipinski definition) is 1. The van der Waals surface area contributed by atoms with E-state index in [0.29, 0.717) is 0 Å². The molecule has 1 heterocycles. The minimum atomic E-state index is 0.199. The first kappa shape index (κ1) is 11.2. The van der Waals surface area contributed by atoms with Gasteiger partial charge in [0.2, 0.25) is 0 Å². The van der Waals surface area contributed by atoms with Gasteiger partial charge in [-0.05, 0) is 5.92 Å². The summed E-state index contributed by atoms with van der Waals surface area (Å²) in [7, 11) is 0. The van der Waals surface area contributed by atoms with Crippen LogP contribution in [0.15, 0.2) is 0 Å². The van der Waals surface area contributed by atoms with Gasteiger partial charge in [-0.15, -0.1) is 0 Å². The smallest absolute Gasteiger partial charge is 0.150 e. The van der Waals surface area contributed by atoms with Gasteiger partial charge in [-0.1, -0.05) is 20.8 Å². The van der Waals surface area contributed by atoms with Gasteiger partial charge in [-0.2, -0.15) is 5.10 Å². The number of hydrogen-bond acceptors (Lipinski definition) is 3. The van der Waals surface area contributed by atoms with Crippen LogP contribution in [0.25, 0.3) is 0 Å². The first-order valence-corrected chi connectivity index (χ1v) is 5.24. The molecule has 0 aliphatic heterocycles. The second kappa shape index (κ2) is 5.10. The third-order valence-electron chi connectivity index (χ3n) is 2.22. The molecule has 1 N–H and O–H groups in total. The average molecular weight is 197 g/mol. The summed E-state index contributed by atoms with van der Waals surface area (Å²) < 4.78 is 1.92. The van der Waals surface area contributed by atoms with E-state index in [0.717, 1.165) is 31.0 Å². The Morgan fingerprint density at radius 2 is 2.07 bits per heavy atom. The van der Waals surface area contributed by atoms with Gasteiger partial charge >= 0.3 is 0 Å². The molecule has 1 atom stereocenters. The standard InChI is InChI=1S/C10H19N3O/c1-4-9-11-10(5-2)13(12-9)6-8(3)7-14/h8,14H,4-7H2,1-3H3. The van der Waals surface area contributed by atoms with Crippen molar-refractivity contribution < 1.29 is 5.11 Å². The summed E-state index contributed by atoms with van der Waals surface area (Å²) in [6.45, 7) is 7.09. The van der Waals surface area contributed by atoms with Crippen molar-refractivity contribution in [3.63, 3.8) is 0 Å². The third kappa shape index (κ3) is 2.54. The predicted molar refractivity (Wildman–Crippen MR) is 55.0 cm³/mol. The molecule has 4 heteroatoms. The zero-order chi connectivity index (χ0) is 10.6. The summed E-state index contributed by atoms with van der Waals surface area (Å²) in [6, 6.07) is 0. The molecular weight excluding hydrogens is 178 g/mol. The molecule has 1 unspecified atom stereocenters. The molecule has 80 valence electrons. The maximum absolute atomic E-state index is 8.96. The van der Waals surface area contributed by atoms with Gasteiger partial charge in [-0.25, -0.2) is 9.67 Å². The Bertz CT molecular complexity index is 283. The van der Waals surface area contributed by atoms with Crippen LogP contribution in [-0.2, 0) is 19.4 Å². The molecule has 0 spiro atoms. The highest BCUT2D eigenvalue weighted by Crippen LogP contribution is 2.05. The number of aliphatic hydroxyl groups is 1. The van der Waals surface area contributed by atoms with E-state index < -0.39 is 0 Å². The SMILES string of the molecule is CCc1nc(CC)n(CC(C)CO)n1. The second-order valence-corrected chi connectivity index (χ2v) is 3.62. The van der Waals surface area contributed by atoms with Crippen LogP contribution >= 0.6 is 0 Å². The zero-order valence-corrected chi connectivity index (χ0v) is 9.19. The number of aliphatic hydroxyl groups excluding tert-OH is 1. The number of rotatable bonds is 5. The number of aryl methyl sites for hydroxylation is 2. The van der Waals surface area contributed by atoms with Gasteiger partial charge in [-0.3, -0.25) is 0 Å². The Balaban J connectivity index is 2.78. The van der Waals surface area contributed by atoms with E-state index in [9.17, 15) is 0 Å². The largest absolute Gasteiger partial charge is 0.396 e. The lowest BCUT2D eigenvalue weighted by atomic mass is 10.2. The van der Waals surface area contributed by atoms with Crippen LogP contribution in [0.1, 0.15) is 32.4 Å². The fraction of sp³-hybridized carbons (Fsp3) is 0.800. The minimum absolute atomic E-state index is 0.199. The summed E-state index contributed by atoms with van der Waals surface area (Å²) in [5, 5.41) is 13.3. The summed E-state index contributed by atoms with van der Waals surface area (Å²) >= 11 is 0. The van der Waals surface area contributed by atoms with Crippen LogP contribution in [0.3, 0.4) is 0 Å². The lowest BCUT2D eigenvalue weighted by Gasteiger charge is -2.08. The Morgan fingerprint density at radius 3 is 2.57 bits per heavy atom. The molecule has 14 heavy (non-hydrogen) atoms. The van der Waals surface area contributed by atoms with E-state index in [-0.39, 0.29) is 12.5 Å². The molecule has 0 aromatic carbocycles. The lowest BCUT2D eigenvalue weighted by molar-refractivity contribution is 0.217. The summed E-state index contributed by atoms with van der Waals surface area (Å²) in [4.78, 5) is 4.40. The van der Waals surface area contributed by atoms with E-state index in [1.165, 1.54) is 0 Å². The first-order chi connectivity index (χ1) is 6.71. The zero-order valence-electron chi connectivity index (χ0n) is 9.19. The normalized spacial score (nSPS) is 13.1. The van der Waals surface area contributed by atoms with Crippen LogP contribution in [0.5, 0.6) is 0 Å². The molecule has 1 aromatic rings. The maximum atomic E-state index is 8.96. The van der Waals surface area contributed by atoms with E-state index in [4.69, 9.17) is 5.11 Å². The summed E-state index contributed by atoms with van der Waals surface area (Å²) in [6.07, 6.45) is 1.76. The average Bonchev–Trinajstić information content (AvgIpc) is 2.60. The van der Waals surface area contributed by atoms with Crippen molar-refractivity contribution in [1.29, 1.82) is 0 Å². The Morgan fingerprint density at radius 1 is 1.36 bits per heavy atom. The Labute approximate surface area is 85.0 Å². The molecule has 0 amide bonds. The molecular formula is C10H19N3O. The van der Waals surface area contributed by atoms with Crippen molar-refractivity contribution in [2.24, 2.45) is 5.92 Å². The first-order valence-electron chi connectivity index (χ1n) is 5.24. The minimum Gasteiger partial charge on any atom is -0.396 e. The van der Waals surface area contributed by atoms with Gasteiger partial charge in [0.05, 0.1) is 0 Å². The van der Waals surface area contributed by atoms with E-state index in [1.54, 1.807) is 0 Å². The van der Waals surface area contributed by atoms with Gasteiger partial charge < -0.3 is 5.11 Å². The van der Waals surface area contributed by atoms with E-state index >= 15 is 0 Å². The molecule has 0 bridgehead atoms. The second-order valence-electron chi connectivity index (χ2n) is 3.62. The molecule has 4 nitrogen and oxygen atoms in total. The van der Waals surface area contributed by atoms with Crippen LogP contribution < -0.4 is 0 Å². The monoisotopic (exact) mass is 197 g/mol. The third-order valence-corrected chi connectivity index (χ3v) is 2.22. The van der Waals surface area contributed by atoms with Gasteiger partial charge in [0.15, 0.2) is 5.82 Å². The van der Waals surface area contributed by atoms with Crippen molar-refractivity contribution in [3.8, 4) is 0 Å². The molecule has 1 aromatic heterocycles. The highest BCUT2D eigenvalue weighted by Gasteiger charge is 2.09. The Hall–Kier alpha value is -0.900. The van der Waals surface area contributed by atoms with E-state index in [1.807, 2.05) is 11.6 Å². The molecule has 0 fully saturated rings. The van der Waals surface area contributed by atoms with Crippen molar-refractivity contribution in [2.45, 2.75) is 40.2 Å². The topological polar surface area (TPSA) is 50.9 Å². The van der Waals surface area contributed by atoms with Crippen molar-refractivity contribution in [1.82, 2.24) is 14.8 Å². The van der Waals surface area contributed by atoms with Crippen LogP contribution in [-0.4, -0.2) is 26.5 Å². The molecule has 0 saturated carbocycles. The van der Waals surface area contributed by atoms with Crippen molar-refractivity contribution in [3.05, 3.63) is 11.6 Å². The maximum Gasteiger partial charge on any atom is 0.150 e. The van der Waals surface area contributed by atoms with Crippen molar-refractivity contribution >= 4 is 0 Å². The van der Waals surface area contributed by atoms with Crippen molar-refractivity contribution in [2.75, 3.05) is 6.61 Å². The summed E-state index contributed by atoms with van der Waals surface area (Å²) in [5.74, 6) is 2.15. The molecule has 1 rings (SSSR count). The highest BCUT2D eigenvalue weighted by molar-refractivity contribution is 4.92. The van der Waals surface area contributed by atoms with Crippen LogP contribution in [0.2, 0.25) is 0 Å². The van der Waals surface area contributed by atoms with Gasteiger partial charge in [0.25, 0.3) is 0 Å². The number of aromatic nitrogens is 3. The van der Waals surface area contributed by atoms with Gasteiger partial charge in [0, 0.05) is 26.0 Å².